The molecule has 0 saturated carbocycles. The first kappa shape index (κ1) is 24.8. The second-order valence-electron chi connectivity index (χ2n) is 6.11. The Bertz CT molecular complexity index is 525. The number of halogens is 1. The number of benzene rings is 1. The van der Waals surface area contributed by atoms with Crippen LogP contribution in [-0.2, 0) is 11.3 Å². The second-order valence-corrected chi connectivity index (χ2v) is 6.11. The SMILES string of the molecule is CCNC(=NCc1ccc(OC)c(OC)c1)NCCOCCC(C)C.I. The van der Waals surface area contributed by atoms with Crippen LogP contribution in [-0.4, -0.2) is 46.5 Å². The Kier molecular flexibility index (Phi) is 14.2. The third-order valence-electron chi connectivity index (χ3n) is 3.59. The molecular formula is C19H34IN3O3. The molecule has 0 fully saturated rings. The van der Waals surface area contributed by atoms with Gasteiger partial charge in [0.15, 0.2) is 17.5 Å². The lowest BCUT2D eigenvalue weighted by molar-refractivity contribution is 0.128. The lowest BCUT2D eigenvalue weighted by atomic mass is 10.1. The van der Waals surface area contributed by atoms with Crippen molar-refractivity contribution in [2.24, 2.45) is 10.9 Å². The molecule has 0 bridgehead atoms. The van der Waals surface area contributed by atoms with Gasteiger partial charge in [0, 0.05) is 19.7 Å². The summed E-state index contributed by atoms with van der Waals surface area (Å²) in [4.78, 5) is 4.60. The predicted octanol–water partition coefficient (Wildman–Crippen LogP) is 3.44. The van der Waals surface area contributed by atoms with Crippen LogP contribution < -0.4 is 20.1 Å². The fourth-order valence-electron chi connectivity index (χ4n) is 2.15. The molecule has 7 heteroatoms. The first-order valence-electron chi connectivity index (χ1n) is 8.91. The molecule has 0 aliphatic carbocycles. The maximum atomic E-state index is 5.62. The van der Waals surface area contributed by atoms with E-state index in [1.165, 1.54) is 0 Å². The zero-order valence-electron chi connectivity index (χ0n) is 16.6. The highest BCUT2D eigenvalue weighted by Crippen LogP contribution is 2.27. The largest absolute Gasteiger partial charge is 0.493 e. The molecule has 0 unspecified atom stereocenters. The molecule has 2 N–H and O–H groups in total. The monoisotopic (exact) mass is 479 g/mol. The van der Waals surface area contributed by atoms with Crippen molar-refractivity contribution in [3.05, 3.63) is 23.8 Å². The Balaban J connectivity index is 0.00000625. The Morgan fingerprint density at radius 3 is 2.42 bits per heavy atom. The van der Waals surface area contributed by atoms with Crippen molar-refractivity contribution in [3.63, 3.8) is 0 Å². The molecular weight excluding hydrogens is 445 g/mol. The number of nitrogens with zero attached hydrogens (tertiary/aromatic N) is 1. The van der Waals surface area contributed by atoms with Crippen LogP contribution in [0.15, 0.2) is 23.2 Å². The van der Waals surface area contributed by atoms with Crippen LogP contribution in [0.3, 0.4) is 0 Å². The van der Waals surface area contributed by atoms with E-state index in [0.717, 1.165) is 43.4 Å². The summed E-state index contributed by atoms with van der Waals surface area (Å²) >= 11 is 0. The van der Waals surface area contributed by atoms with Gasteiger partial charge in [0.25, 0.3) is 0 Å². The molecule has 1 aromatic carbocycles. The molecule has 1 rings (SSSR count). The molecule has 6 nitrogen and oxygen atoms in total. The number of methoxy groups -OCH3 is 2. The molecule has 150 valence electrons. The Hall–Kier alpha value is -1.22. The van der Waals surface area contributed by atoms with Gasteiger partial charge in [-0.2, -0.15) is 0 Å². The van der Waals surface area contributed by atoms with Crippen LogP contribution >= 0.6 is 24.0 Å². The number of nitrogens with one attached hydrogen (secondary N) is 2. The van der Waals surface area contributed by atoms with Crippen molar-refractivity contribution in [1.29, 1.82) is 0 Å². The maximum absolute atomic E-state index is 5.62. The summed E-state index contributed by atoms with van der Waals surface area (Å²) in [6.45, 7) is 10.0. The van der Waals surface area contributed by atoms with E-state index >= 15 is 0 Å². The first-order valence-corrected chi connectivity index (χ1v) is 8.91. The quantitative estimate of drug-likeness (QED) is 0.220. The zero-order chi connectivity index (χ0) is 18.5. The lowest BCUT2D eigenvalue weighted by Gasteiger charge is -2.12. The Morgan fingerprint density at radius 2 is 1.81 bits per heavy atom. The van der Waals surface area contributed by atoms with E-state index in [4.69, 9.17) is 14.2 Å². The molecule has 1 aromatic rings. The second kappa shape index (κ2) is 14.9. The topological polar surface area (TPSA) is 64.1 Å². The zero-order valence-corrected chi connectivity index (χ0v) is 19.0. The van der Waals surface area contributed by atoms with Crippen LogP contribution in [0.2, 0.25) is 0 Å². The molecule has 0 amide bonds. The normalized spacial score (nSPS) is 11.1. The highest BCUT2D eigenvalue weighted by Gasteiger charge is 2.04. The predicted molar refractivity (Wildman–Crippen MR) is 118 cm³/mol. The van der Waals surface area contributed by atoms with Crippen molar-refractivity contribution in [1.82, 2.24) is 10.6 Å². The van der Waals surface area contributed by atoms with Gasteiger partial charge >= 0.3 is 0 Å². The van der Waals surface area contributed by atoms with Crippen molar-refractivity contribution >= 4 is 29.9 Å². The standard InChI is InChI=1S/C19H33N3O3.HI/c1-6-20-19(21-10-12-25-11-9-15(2)3)22-14-16-7-8-17(23-4)18(13-16)24-5;/h7-8,13,15H,6,9-12,14H2,1-5H3,(H2,20,21,22);1H. The summed E-state index contributed by atoms with van der Waals surface area (Å²) in [6.07, 6.45) is 1.09. The average molecular weight is 479 g/mol. The highest BCUT2D eigenvalue weighted by atomic mass is 127. The van der Waals surface area contributed by atoms with Gasteiger partial charge in [-0.25, -0.2) is 4.99 Å². The van der Waals surface area contributed by atoms with Crippen LogP contribution in [0.25, 0.3) is 0 Å². The van der Waals surface area contributed by atoms with Crippen molar-refractivity contribution < 1.29 is 14.2 Å². The van der Waals surface area contributed by atoms with Crippen molar-refractivity contribution in [2.75, 3.05) is 40.5 Å². The van der Waals surface area contributed by atoms with Gasteiger partial charge in [0.1, 0.15) is 0 Å². The van der Waals surface area contributed by atoms with Gasteiger partial charge < -0.3 is 24.8 Å². The summed E-state index contributed by atoms with van der Waals surface area (Å²) in [5, 5.41) is 6.53. The van der Waals surface area contributed by atoms with E-state index in [1.54, 1.807) is 14.2 Å². The van der Waals surface area contributed by atoms with Crippen LogP contribution in [0.1, 0.15) is 32.8 Å². The number of guanidine groups is 1. The highest BCUT2D eigenvalue weighted by molar-refractivity contribution is 14.0. The molecule has 0 aromatic heterocycles. The van der Waals surface area contributed by atoms with Gasteiger partial charge in [-0.15, -0.1) is 24.0 Å². The van der Waals surface area contributed by atoms with Crippen molar-refractivity contribution in [2.45, 2.75) is 33.7 Å². The van der Waals surface area contributed by atoms with Crippen LogP contribution in [0.5, 0.6) is 11.5 Å². The Labute approximate surface area is 175 Å². The van der Waals surface area contributed by atoms with E-state index in [0.29, 0.717) is 24.8 Å². The molecule has 0 radical (unpaired) electrons. The molecule has 0 aliphatic heterocycles. The number of ether oxygens (including phenoxy) is 3. The van der Waals surface area contributed by atoms with Gasteiger partial charge in [0.05, 0.1) is 27.4 Å². The first-order chi connectivity index (χ1) is 12.1. The summed E-state index contributed by atoms with van der Waals surface area (Å²) in [7, 11) is 3.27. The maximum Gasteiger partial charge on any atom is 0.191 e. The molecule has 26 heavy (non-hydrogen) atoms. The van der Waals surface area contributed by atoms with Crippen LogP contribution in [0, 0.1) is 5.92 Å². The minimum atomic E-state index is 0. The van der Waals surface area contributed by atoms with Gasteiger partial charge in [-0.1, -0.05) is 19.9 Å². The molecule has 0 saturated heterocycles. The fraction of sp³-hybridized carbons (Fsp3) is 0.632. The number of hydrogen-bond acceptors (Lipinski definition) is 4. The minimum Gasteiger partial charge on any atom is -0.493 e. The number of rotatable bonds is 11. The van der Waals surface area contributed by atoms with Gasteiger partial charge in [-0.05, 0) is 37.0 Å². The number of hydrogen-bond donors (Lipinski definition) is 2. The smallest absolute Gasteiger partial charge is 0.191 e. The lowest BCUT2D eigenvalue weighted by Crippen LogP contribution is -2.39. The summed E-state index contributed by atoms with van der Waals surface area (Å²) in [5.41, 5.74) is 1.06. The molecule has 0 atom stereocenters. The minimum absolute atomic E-state index is 0. The van der Waals surface area contributed by atoms with E-state index in [1.807, 2.05) is 25.1 Å². The molecule has 0 spiro atoms. The van der Waals surface area contributed by atoms with Gasteiger partial charge in [-0.3, -0.25) is 0 Å². The molecule has 0 heterocycles. The Morgan fingerprint density at radius 1 is 1.08 bits per heavy atom. The summed E-state index contributed by atoms with van der Waals surface area (Å²) in [5.74, 6) is 2.89. The summed E-state index contributed by atoms with van der Waals surface area (Å²) < 4.78 is 16.2. The van der Waals surface area contributed by atoms with Gasteiger partial charge in [0.2, 0.25) is 0 Å². The fourth-order valence-corrected chi connectivity index (χ4v) is 2.15. The third kappa shape index (κ3) is 10.1. The van der Waals surface area contributed by atoms with E-state index < -0.39 is 0 Å². The van der Waals surface area contributed by atoms with Crippen molar-refractivity contribution in [3.8, 4) is 11.5 Å². The van der Waals surface area contributed by atoms with E-state index in [9.17, 15) is 0 Å². The number of aliphatic imine (C=N–C) groups is 1. The van der Waals surface area contributed by atoms with E-state index in [2.05, 4.69) is 29.5 Å². The third-order valence-corrected chi connectivity index (χ3v) is 3.59. The summed E-state index contributed by atoms with van der Waals surface area (Å²) in [6, 6.07) is 5.83. The van der Waals surface area contributed by atoms with Crippen LogP contribution in [0.4, 0.5) is 0 Å². The average Bonchev–Trinajstić information content (AvgIpc) is 2.61. The van der Waals surface area contributed by atoms with E-state index in [-0.39, 0.29) is 24.0 Å². The molecule has 0 aliphatic rings.